The van der Waals surface area contributed by atoms with Gasteiger partial charge in [-0.25, -0.2) is 4.68 Å². The summed E-state index contributed by atoms with van der Waals surface area (Å²) in [4.78, 5) is 23.3. The van der Waals surface area contributed by atoms with E-state index in [-0.39, 0.29) is 18.0 Å². The summed E-state index contributed by atoms with van der Waals surface area (Å²) in [5, 5.41) is 26.9. The van der Waals surface area contributed by atoms with Crippen molar-refractivity contribution in [1.82, 2.24) is 9.78 Å². The molecule has 0 spiro atoms. The Bertz CT molecular complexity index is 1370. The van der Waals surface area contributed by atoms with Crippen molar-refractivity contribution in [1.29, 1.82) is 5.26 Å². The number of ether oxygens (including phenoxy) is 1. The minimum atomic E-state index is -0.486. The standard InChI is InChI=1S/C25H19N5O4/c26-14-12-18-8-10-22(11-9-18)34-17-19-4-1-2-7-23(19)27-25(31)24-13-15-29(28-24)20-5-3-6-21(16-20)30(32)33/h1-11,13,15-16H,12,17H2,(H,27,31). The molecular weight excluding hydrogens is 434 g/mol. The molecule has 9 heteroatoms. The third-order valence-corrected chi connectivity index (χ3v) is 4.99. The summed E-state index contributed by atoms with van der Waals surface area (Å²) < 4.78 is 7.25. The number of rotatable bonds is 8. The number of benzene rings is 3. The molecule has 34 heavy (non-hydrogen) atoms. The van der Waals surface area contributed by atoms with Gasteiger partial charge < -0.3 is 10.1 Å². The molecule has 0 radical (unpaired) electrons. The second-order valence-corrected chi connectivity index (χ2v) is 7.30. The van der Waals surface area contributed by atoms with Crippen molar-refractivity contribution in [2.75, 3.05) is 5.32 Å². The van der Waals surface area contributed by atoms with E-state index in [0.717, 1.165) is 11.1 Å². The lowest BCUT2D eigenvalue weighted by Crippen LogP contribution is -2.15. The fourth-order valence-corrected chi connectivity index (χ4v) is 3.25. The van der Waals surface area contributed by atoms with Gasteiger partial charge in [-0.3, -0.25) is 14.9 Å². The van der Waals surface area contributed by atoms with Crippen molar-refractivity contribution in [3.8, 4) is 17.5 Å². The monoisotopic (exact) mass is 453 g/mol. The number of nitriles is 1. The van der Waals surface area contributed by atoms with Gasteiger partial charge in [0.15, 0.2) is 5.69 Å². The van der Waals surface area contributed by atoms with E-state index in [1.54, 1.807) is 42.6 Å². The molecule has 0 saturated heterocycles. The molecule has 3 aromatic carbocycles. The van der Waals surface area contributed by atoms with Crippen LogP contribution in [0.5, 0.6) is 5.75 Å². The molecule has 1 N–H and O–H groups in total. The molecule has 0 aliphatic rings. The highest BCUT2D eigenvalue weighted by molar-refractivity contribution is 6.03. The number of nitrogens with one attached hydrogen (secondary N) is 1. The van der Waals surface area contributed by atoms with E-state index in [9.17, 15) is 14.9 Å². The molecule has 4 aromatic rings. The quantitative estimate of drug-likeness (QED) is 0.305. The summed E-state index contributed by atoms with van der Waals surface area (Å²) in [5.41, 5.74) is 2.84. The van der Waals surface area contributed by atoms with Crippen molar-refractivity contribution >= 4 is 17.3 Å². The Morgan fingerprint density at radius 1 is 1.09 bits per heavy atom. The predicted octanol–water partition coefficient (Wildman–Crippen LogP) is 4.68. The summed E-state index contributed by atoms with van der Waals surface area (Å²) >= 11 is 0. The van der Waals surface area contributed by atoms with Gasteiger partial charge in [0, 0.05) is 29.6 Å². The zero-order valence-electron chi connectivity index (χ0n) is 17.9. The number of nitro groups is 1. The van der Waals surface area contributed by atoms with Crippen LogP contribution in [0.15, 0.2) is 85.1 Å². The molecule has 9 nitrogen and oxygen atoms in total. The maximum absolute atomic E-state index is 12.8. The topological polar surface area (TPSA) is 123 Å². The molecule has 0 aliphatic carbocycles. The summed E-state index contributed by atoms with van der Waals surface area (Å²) in [6, 6.07) is 24.2. The number of amides is 1. The smallest absolute Gasteiger partial charge is 0.276 e. The largest absolute Gasteiger partial charge is 0.489 e. The highest BCUT2D eigenvalue weighted by Gasteiger charge is 2.14. The van der Waals surface area contributed by atoms with Crippen molar-refractivity contribution < 1.29 is 14.5 Å². The van der Waals surface area contributed by atoms with E-state index in [0.29, 0.717) is 23.5 Å². The highest BCUT2D eigenvalue weighted by Crippen LogP contribution is 2.21. The Morgan fingerprint density at radius 3 is 2.65 bits per heavy atom. The van der Waals surface area contributed by atoms with E-state index >= 15 is 0 Å². The van der Waals surface area contributed by atoms with Crippen LogP contribution in [0.1, 0.15) is 21.6 Å². The first kappa shape index (κ1) is 22.2. The van der Waals surface area contributed by atoms with Gasteiger partial charge in [0.05, 0.1) is 23.1 Å². The molecule has 4 rings (SSSR count). The van der Waals surface area contributed by atoms with Crippen LogP contribution in [-0.2, 0) is 13.0 Å². The molecular formula is C25H19N5O4. The zero-order chi connectivity index (χ0) is 23.9. The predicted molar refractivity (Wildman–Crippen MR) is 125 cm³/mol. The average Bonchev–Trinajstić information content (AvgIpc) is 3.35. The van der Waals surface area contributed by atoms with Crippen LogP contribution in [0.4, 0.5) is 11.4 Å². The molecule has 1 heterocycles. The number of carbonyl (C=O) groups excluding carboxylic acids is 1. The molecule has 0 aliphatic heterocycles. The highest BCUT2D eigenvalue weighted by atomic mass is 16.6. The Morgan fingerprint density at radius 2 is 1.88 bits per heavy atom. The molecule has 1 amide bonds. The maximum atomic E-state index is 12.8. The number of para-hydroxylation sites is 1. The summed E-state index contributed by atoms with van der Waals surface area (Å²) in [5.74, 6) is 0.232. The van der Waals surface area contributed by atoms with Crippen molar-refractivity contribution in [3.05, 3.63) is 112 Å². The van der Waals surface area contributed by atoms with Crippen LogP contribution in [0.3, 0.4) is 0 Å². The second-order valence-electron chi connectivity index (χ2n) is 7.30. The summed E-state index contributed by atoms with van der Waals surface area (Å²) in [7, 11) is 0. The normalized spacial score (nSPS) is 10.3. The molecule has 168 valence electrons. The molecule has 1 aromatic heterocycles. The Kier molecular flexibility index (Phi) is 6.60. The minimum absolute atomic E-state index is 0.0624. The number of carbonyl (C=O) groups is 1. The number of aromatic nitrogens is 2. The van der Waals surface area contributed by atoms with Crippen molar-refractivity contribution in [2.24, 2.45) is 0 Å². The van der Waals surface area contributed by atoms with Gasteiger partial charge in [0.25, 0.3) is 11.6 Å². The van der Waals surface area contributed by atoms with Crippen molar-refractivity contribution in [3.63, 3.8) is 0 Å². The Hall–Kier alpha value is -4.97. The Labute approximate surface area is 195 Å². The lowest BCUT2D eigenvalue weighted by atomic mass is 10.1. The van der Waals surface area contributed by atoms with Gasteiger partial charge in [-0.2, -0.15) is 10.4 Å². The first-order chi connectivity index (χ1) is 16.5. The maximum Gasteiger partial charge on any atom is 0.276 e. The van der Waals surface area contributed by atoms with E-state index in [2.05, 4.69) is 16.5 Å². The van der Waals surface area contributed by atoms with Crippen LogP contribution in [-0.4, -0.2) is 20.6 Å². The van der Waals surface area contributed by atoms with Crippen molar-refractivity contribution in [2.45, 2.75) is 13.0 Å². The van der Waals surface area contributed by atoms with Gasteiger partial charge in [0.2, 0.25) is 0 Å². The number of hydrogen-bond donors (Lipinski definition) is 1. The van der Waals surface area contributed by atoms with Gasteiger partial charge >= 0.3 is 0 Å². The third-order valence-electron chi connectivity index (χ3n) is 4.99. The summed E-state index contributed by atoms with van der Waals surface area (Å²) in [6.07, 6.45) is 1.91. The molecule has 0 atom stereocenters. The number of nitrogens with zero attached hydrogens (tertiary/aromatic N) is 4. The zero-order valence-corrected chi connectivity index (χ0v) is 17.9. The van der Waals surface area contributed by atoms with E-state index in [1.807, 2.05) is 24.3 Å². The van der Waals surface area contributed by atoms with Crippen LogP contribution in [0.2, 0.25) is 0 Å². The SMILES string of the molecule is N#CCc1ccc(OCc2ccccc2NC(=O)c2ccn(-c3cccc([N+](=O)[O-])c3)n2)cc1. The van der Waals surface area contributed by atoms with E-state index in [4.69, 9.17) is 10.00 Å². The lowest BCUT2D eigenvalue weighted by molar-refractivity contribution is -0.384. The molecule has 0 fully saturated rings. The first-order valence-corrected chi connectivity index (χ1v) is 10.3. The first-order valence-electron chi connectivity index (χ1n) is 10.3. The van der Waals surface area contributed by atoms with Gasteiger partial charge in [-0.05, 0) is 35.9 Å². The fourth-order valence-electron chi connectivity index (χ4n) is 3.25. The number of anilines is 1. The molecule has 0 bridgehead atoms. The number of non-ortho nitro benzene ring substituents is 1. The van der Waals surface area contributed by atoms with Gasteiger partial charge in [0.1, 0.15) is 12.4 Å². The second kappa shape index (κ2) is 10.1. The Balaban J connectivity index is 1.44. The van der Waals surface area contributed by atoms with Crippen LogP contribution >= 0.6 is 0 Å². The van der Waals surface area contributed by atoms with E-state index < -0.39 is 10.8 Å². The minimum Gasteiger partial charge on any atom is -0.489 e. The average molecular weight is 453 g/mol. The van der Waals surface area contributed by atoms with Crippen LogP contribution < -0.4 is 10.1 Å². The molecule has 0 unspecified atom stereocenters. The lowest BCUT2D eigenvalue weighted by Gasteiger charge is -2.12. The molecule has 0 saturated carbocycles. The van der Waals surface area contributed by atoms with Gasteiger partial charge in [-0.15, -0.1) is 0 Å². The van der Waals surface area contributed by atoms with E-state index in [1.165, 1.54) is 22.9 Å². The number of nitro benzene ring substituents is 1. The number of hydrogen-bond acceptors (Lipinski definition) is 6. The van der Waals surface area contributed by atoms with Gasteiger partial charge in [-0.1, -0.05) is 36.4 Å². The fraction of sp³-hybridized carbons (Fsp3) is 0.0800. The van der Waals surface area contributed by atoms with Crippen LogP contribution in [0, 0.1) is 21.4 Å². The van der Waals surface area contributed by atoms with Crippen LogP contribution in [0.25, 0.3) is 5.69 Å². The third kappa shape index (κ3) is 5.26. The summed E-state index contributed by atoms with van der Waals surface area (Å²) in [6.45, 7) is 0.232.